The number of carbonyl (C=O) groups is 2. The molecule has 0 bridgehead atoms. The zero-order valence-corrected chi connectivity index (χ0v) is 15.6. The minimum Gasteiger partial charge on any atom is -0.336 e. The fourth-order valence-electron chi connectivity index (χ4n) is 1.74. The summed E-state index contributed by atoms with van der Waals surface area (Å²) < 4.78 is 2.10. The van der Waals surface area contributed by atoms with Crippen LogP contribution in [0.1, 0.15) is 5.82 Å². The minimum atomic E-state index is -0.277. The summed E-state index contributed by atoms with van der Waals surface area (Å²) in [6, 6.07) is 7.27. The van der Waals surface area contributed by atoms with Crippen LogP contribution in [0.15, 0.2) is 33.9 Å². The van der Waals surface area contributed by atoms with Gasteiger partial charge < -0.3 is 16.1 Å². The Kier molecular flexibility index (Phi) is 6.21. The molecule has 1 heterocycles. The van der Waals surface area contributed by atoms with Crippen molar-refractivity contribution in [2.75, 3.05) is 30.5 Å². The second kappa shape index (κ2) is 8.15. The van der Waals surface area contributed by atoms with Crippen molar-refractivity contribution < 1.29 is 9.59 Å². The van der Waals surface area contributed by atoms with Crippen molar-refractivity contribution in [2.24, 2.45) is 0 Å². The van der Waals surface area contributed by atoms with Gasteiger partial charge in [0.2, 0.25) is 17.0 Å². The summed E-state index contributed by atoms with van der Waals surface area (Å²) in [6.45, 7) is 1.67. The van der Waals surface area contributed by atoms with Gasteiger partial charge in [0.05, 0.1) is 18.0 Å². The van der Waals surface area contributed by atoms with E-state index in [1.54, 1.807) is 20.0 Å². The SMILES string of the molecule is Cc1nnc(SCC(=O)N(C)CC(=O)Nc2ccccc2Br)n1N. The quantitative estimate of drug-likeness (QED) is 0.546. The number of nitrogen functional groups attached to an aromatic ring is 1. The maximum absolute atomic E-state index is 12.1. The van der Waals surface area contributed by atoms with Crippen molar-refractivity contribution in [3.05, 3.63) is 34.6 Å². The van der Waals surface area contributed by atoms with Crippen molar-refractivity contribution in [2.45, 2.75) is 12.1 Å². The van der Waals surface area contributed by atoms with Crippen LogP contribution in [-0.2, 0) is 9.59 Å². The zero-order valence-electron chi connectivity index (χ0n) is 13.2. The predicted octanol–water partition coefficient (Wildman–Crippen LogP) is 1.25. The molecule has 0 atom stereocenters. The maximum Gasteiger partial charge on any atom is 0.244 e. The normalized spacial score (nSPS) is 10.5. The van der Waals surface area contributed by atoms with Crippen molar-refractivity contribution in [1.82, 2.24) is 19.8 Å². The molecule has 0 unspecified atom stereocenters. The lowest BCUT2D eigenvalue weighted by Crippen LogP contribution is -2.36. The van der Waals surface area contributed by atoms with Gasteiger partial charge in [-0.3, -0.25) is 9.59 Å². The van der Waals surface area contributed by atoms with Crippen molar-refractivity contribution in [3.8, 4) is 0 Å². The Morgan fingerprint density at radius 2 is 2.08 bits per heavy atom. The number of nitrogens with one attached hydrogen (secondary N) is 1. The van der Waals surface area contributed by atoms with Crippen LogP contribution in [0.4, 0.5) is 5.69 Å². The van der Waals surface area contributed by atoms with E-state index in [1.807, 2.05) is 18.2 Å². The highest BCUT2D eigenvalue weighted by molar-refractivity contribution is 9.10. The van der Waals surface area contributed by atoms with Crippen molar-refractivity contribution in [3.63, 3.8) is 0 Å². The Morgan fingerprint density at radius 1 is 1.38 bits per heavy atom. The first-order valence-corrected chi connectivity index (χ1v) is 8.74. The molecule has 24 heavy (non-hydrogen) atoms. The van der Waals surface area contributed by atoms with Crippen LogP contribution < -0.4 is 11.2 Å². The molecule has 0 aliphatic heterocycles. The number of amides is 2. The zero-order chi connectivity index (χ0) is 17.7. The molecule has 0 radical (unpaired) electrons. The number of halogens is 1. The molecule has 10 heteroatoms. The first kappa shape index (κ1) is 18.3. The Labute approximate surface area is 151 Å². The van der Waals surface area contributed by atoms with Gasteiger partial charge >= 0.3 is 0 Å². The van der Waals surface area contributed by atoms with Crippen LogP contribution in [0.25, 0.3) is 0 Å². The van der Waals surface area contributed by atoms with Gasteiger partial charge in [-0.2, -0.15) is 0 Å². The van der Waals surface area contributed by atoms with Crippen LogP contribution in [-0.4, -0.2) is 50.9 Å². The first-order chi connectivity index (χ1) is 11.4. The topological polar surface area (TPSA) is 106 Å². The Balaban J connectivity index is 1.83. The number of anilines is 1. The lowest BCUT2D eigenvalue weighted by molar-refractivity contribution is -0.131. The van der Waals surface area contributed by atoms with Crippen molar-refractivity contribution in [1.29, 1.82) is 0 Å². The fraction of sp³-hybridized carbons (Fsp3) is 0.286. The van der Waals surface area contributed by atoms with Crippen LogP contribution in [0.3, 0.4) is 0 Å². The van der Waals surface area contributed by atoms with Gasteiger partial charge in [0, 0.05) is 11.5 Å². The number of carbonyl (C=O) groups excluding carboxylic acids is 2. The molecule has 0 spiro atoms. The second-order valence-electron chi connectivity index (χ2n) is 4.97. The largest absolute Gasteiger partial charge is 0.336 e. The summed E-state index contributed by atoms with van der Waals surface area (Å²) in [7, 11) is 1.57. The molecule has 0 aliphatic carbocycles. The highest BCUT2D eigenvalue weighted by Crippen LogP contribution is 2.21. The number of thioether (sulfide) groups is 1. The number of rotatable bonds is 6. The number of benzene rings is 1. The Morgan fingerprint density at radius 3 is 2.71 bits per heavy atom. The first-order valence-electron chi connectivity index (χ1n) is 6.96. The van der Waals surface area contributed by atoms with Crippen LogP contribution in [0, 0.1) is 6.92 Å². The van der Waals surface area contributed by atoms with Crippen LogP contribution in [0.2, 0.25) is 0 Å². The average Bonchev–Trinajstić information content (AvgIpc) is 2.86. The fourth-order valence-corrected chi connectivity index (χ4v) is 2.97. The molecule has 128 valence electrons. The summed E-state index contributed by atoms with van der Waals surface area (Å²) in [4.78, 5) is 25.5. The molecular formula is C14H17BrN6O2S. The van der Waals surface area contributed by atoms with Crippen molar-refractivity contribution >= 4 is 45.2 Å². The molecule has 2 amide bonds. The van der Waals surface area contributed by atoms with E-state index in [-0.39, 0.29) is 24.1 Å². The second-order valence-corrected chi connectivity index (χ2v) is 6.76. The monoisotopic (exact) mass is 412 g/mol. The van der Waals surface area contributed by atoms with E-state index in [0.29, 0.717) is 16.7 Å². The molecule has 1 aromatic heterocycles. The summed E-state index contributed by atoms with van der Waals surface area (Å²) in [5.41, 5.74) is 0.657. The van der Waals surface area contributed by atoms with E-state index < -0.39 is 0 Å². The third-order valence-electron chi connectivity index (χ3n) is 3.11. The molecule has 8 nitrogen and oxygen atoms in total. The van der Waals surface area contributed by atoms with Gasteiger partial charge in [-0.25, -0.2) is 4.68 Å². The lowest BCUT2D eigenvalue weighted by atomic mass is 10.3. The third-order valence-corrected chi connectivity index (χ3v) is 4.73. The number of aromatic nitrogens is 3. The van der Waals surface area contributed by atoms with E-state index in [0.717, 1.165) is 4.47 Å². The predicted molar refractivity (Wildman–Crippen MR) is 96.0 cm³/mol. The number of likely N-dealkylation sites (N-methyl/N-ethyl adjacent to an activating group) is 1. The number of hydrogen-bond donors (Lipinski definition) is 2. The van der Waals surface area contributed by atoms with Gasteiger partial charge in [0.15, 0.2) is 0 Å². The molecular weight excluding hydrogens is 396 g/mol. The standard InChI is InChI=1S/C14H17BrN6O2S/c1-9-18-19-14(21(9)16)24-8-13(23)20(2)7-12(22)17-11-6-4-3-5-10(11)15/h3-6H,7-8,16H2,1-2H3,(H,17,22). The molecule has 0 saturated heterocycles. The molecule has 2 rings (SSSR count). The Bertz CT molecular complexity index is 751. The summed E-state index contributed by atoms with van der Waals surface area (Å²) in [5, 5.41) is 10.9. The molecule has 0 saturated carbocycles. The van der Waals surface area contributed by atoms with E-state index >= 15 is 0 Å². The maximum atomic E-state index is 12.1. The van der Waals surface area contributed by atoms with E-state index in [4.69, 9.17) is 5.84 Å². The summed E-state index contributed by atoms with van der Waals surface area (Å²) in [5.74, 6) is 5.92. The average molecular weight is 413 g/mol. The Hall–Kier alpha value is -2.07. The number of nitrogens with two attached hydrogens (primary N) is 1. The number of aryl methyl sites for hydroxylation is 1. The highest BCUT2D eigenvalue weighted by Gasteiger charge is 2.16. The van der Waals surface area contributed by atoms with Gasteiger partial charge in [0.1, 0.15) is 5.82 Å². The molecule has 3 N–H and O–H groups in total. The number of nitrogens with zero attached hydrogens (tertiary/aromatic N) is 4. The molecule has 0 fully saturated rings. The number of hydrogen-bond acceptors (Lipinski definition) is 6. The van der Waals surface area contributed by atoms with Gasteiger partial charge in [-0.05, 0) is 35.0 Å². The summed E-state index contributed by atoms with van der Waals surface area (Å²) in [6.07, 6.45) is 0. The molecule has 1 aromatic carbocycles. The highest BCUT2D eigenvalue weighted by atomic mass is 79.9. The van der Waals surface area contributed by atoms with E-state index in [2.05, 4.69) is 31.4 Å². The van der Waals surface area contributed by atoms with Crippen LogP contribution >= 0.6 is 27.7 Å². The molecule has 2 aromatic rings. The van der Waals surface area contributed by atoms with Gasteiger partial charge in [-0.1, -0.05) is 23.9 Å². The van der Waals surface area contributed by atoms with Gasteiger partial charge in [0.25, 0.3) is 0 Å². The van der Waals surface area contributed by atoms with Crippen LogP contribution in [0.5, 0.6) is 0 Å². The third kappa shape index (κ3) is 4.71. The minimum absolute atomic E-state index is 0.0466. The molecule has 0 aliphatic rings. The smallest absolute Gasteiger partial charge is 0.244 e. The summed E-state index contributed by atoms with van der Waals surface area (Å²) >= 11 is 4.53. The van der Waals surface area contributed by atoms with Gasteiger partial charge in [-0.15, -0.1) is 10.2 Å². The number of para-hydroxylation sites is 1. The van der Waals surface area contributed by atoms with E-state index in [1.165, 1.54) is 21.3 Å². The lowest BCUT2D eigenvalue weighted by Gasteiger charge is -2.16. The van der Waals surface area contributed by atoms with E-state index in [9.17, 15) is 9.59 Å².